The van der Waals surface area contributed by atoms with E-state index in [1.54, 1.807) is 0 Å². The Morgan fingerprint density at radius 1 is 0.382 bits per heavy atom. The Balaban J connectivity index is 1.21. The van der Waals surface area contributed by atoms with E-state index in [2.05, 4.69) is 157 Å². The van der Waals surface area contributed by atoms with Crippen LogP contribution in [0.25, 0.3) is 56.2 Å². The van der Waals surface area contributed by atoms with E-state index in [4.69, 9.17) is 4.98 Å². The van der Waals surface area contributed by atoms with Gasteiger partial charge in [-0.1, -0.05) is 200 Å². The Morgan fingerprint density at radius 3 is 1.36 bits per heavy atom. The number of hydrogen-bond acceptors (Lipinski definition) is 3. The van der Waals surface area contributed by atoms with Crippen molar-refractivity contribution in [1.82, 2.24) is 10.3 Å². The van der Waals surface area contributed by atoms with Crippen molar-refractivity contribution in [2.45, 2.75) is 0 Å². The number of allylic oxidation sites excluding steroid dienone is 1. The zero-order chi connectivity index (χ0) is 37.0. The van der Waals surface area contributed by atoms with Crippen molar-refractivity contribution in [3.63, 3.8) is 0 Å². The monoisotopic (exact) mass is 703 g/mol. The van der Waals surface area contributed by atoms with Crippen molar-refractivity contribution in [3.05, 3.63) is 246 Å². The second-order valence-electron chi connectivity index (χ2n) is 13.6. The fourth-order valence-electron chi connectivity index (χ4n) is 7.43. The van der Waals surface area contributed by atoms with Crippen LogP contribution in [0, 0.1) is 5.41 Å². The Kier molecular flexibility index (Phi) is 9.09. The number of aromatic nitrogens is 1. The van der Waals surface area contributed by atoms with E-state index in [9.17, 15) is 5.41 Å². The van der Waals surface area contributed by atoms with Gasteiger partial charge in [-0.25, -0.2) is 4.98 Å². The first-order valence-corrected chi connectivity index (χ1v) is 18.6. The lowest BCUT2D eigenvalue weighted by Gasteiger charge is -2.30. The van der Waals surface area contributed by atoms with Gasteiger partial charge >= 0.3 is 0 Å². The molecule has 2 heterocycles. The average molecular weight is 704 g/mol. The third kappa shape index (κ3) is 6.72. The topological polar surface area (TPSA) is 48.8 Å². The Labute approximate surface area is 322 Å². The summed E-state index contributed by atoms with van der Waals surface area (Å²) in [6.07, 6.45) is 0. The van der Waals surface area contributed by atoms with E-state index >= 15 is 0 Å². The van der Waals surface area contributed by atoms with Crippen LogP contribution in [0.5, 0.6) is 0 Å². The molecule has 3 heteroatoms. The van der Waals surface area contributed by atoms with E-state index in [1.807, 2.05) is 60.7 Å². The number of rotatable bonds is 8. The highest BCUT2D eigenvalue weighted by atomic mass is 14.9. The van der Waals surface area contributed by atoms with Crippen LogP contribution >= 0.6 is 0 Å². The summed E-state index contributed by atoms with van der Waals surface area (Å²) in [5, 5.41) is 13.5. The molecule has 0 saturated carbocycles. The van der Waals surface area contributed by atoms with Gasteiger partial charge in [0, 0.05) is 33.4 Å². The summed E-state index contributed by atoms with van der Waals surface area (Å²) in [5.74, 6) is 0. The lowest BCUT2D eigenvalue weighted by atomic mass is 9.82. The molecular formula is C52H37N3. The third-order valence-electron chi connectivity index (χ3n) is 10.1. The number of hydrogen-bond donors (Lipinski definition) is 2. The minimum atomic E-state index is 0.464. The van der Waals surface area contributed by atoms with Crippen LogP contribution < -0.4 is 5.32 Å². The number of pyridine rings is 1. The first-order chi connectivity index (χ1) is 27.2. The highest BCUT2D eigenvalue weighted by Crippen LogP contribution is 2.43. The molecular weight excluding hydrogens is 667 g/mol. The van der Waals surface area contributed by atoms with E-state index in [1.165, 1.54) is 0 Å². The molecule has 0 saturated heterocycles. The molecule has 0 bridgehead atoms. The highest BCUT2D eigenvalue weighted by molar-refractivity contribution is 6.36. The molecule has 8 aromatic rings. The molecule has 1 aliphatic rings. The number of nitrogens with one attached hydrogen (secondary N) is 2. The van der Waals surface area contributed by atoms with Gasteiger partial charge < -0.3 is 5.32 Å². The summed E-state index contributed by atoms with van der Waals surface area (Å²) >= 11 is 0. The van der Waals surface area contributed by atoms with Crippen molar-refractivity contribution in [2.24, 2.45) is 0 Å². The number of fused-ring (bicyclic) bond motifs is 1. The van der Waals surface area contributed by atoms with Crippen LogP contribution in [0.4, 0.5) is 0 Å². The molecule has 0 atom stereocenters. The lowest BCUT2D eigenvalue weighted by Crippen LogP contribution is -2.23. The van der Waals surface area contributed by atoms with Crippen LogP contribution in [-0.4, -0.2) is 10.7 Å². The Hall–Kier alpha value is -7.36. The van der Waals surface area contributed by atoms with Crippen LogP contribution in [-0.2, 0) is 0 Å². The summed E-state index contributed by atoms with van der Waals surface area (Å²) in [6.45, 7) is 0. The quantitative estimate of drug-likeness (QED) is 0.155. The molecule has 9 rings (SSSR count). The molecule has 2 N–H and O–H groups in total. The Morgan fingerprint density at radius 2 is 0.818 bits per heavy atom. The van der Waals surface area contributed by atoms with E-state index in [-0.39, 0.29) is 0 Å². The van der Waals surface area contributed by atoms with Crippen LogP contribution in [0.2, 0.25) is 0 Å². The smallest absolute Gasteiger partial charge is 0.0715 e. The first-order valence-electron chi connectivity index (χ1n) is 18.6. The molecule has 260 valence electrons. The van der Waals surface area contributed by atoms with E-state index in [0.29, 0.717) is 5.71 Å². The standard InChI is InChI=1S/C52H37N3/c53-50(41-24-12-4-13-25-41)49(39-22-10-3-11-23-39)52-45-29-17-16-28-44(45)48(51(55-52)42-26-14-5-15-27-42)40-32-30-36(31-33-40)43-34-46(37-18-6-1-7-19-37)54-47(35-43)38-20-8-2-9-21-38/h1-35,53,55H/b52-49-,53-50?. The zero-order valence-electron chi connectivity index (χ0n) is 30.2. The number of nitrogens with zero attached hydrogens (tertiary/aromatic N) is 1. The van der Waals surface area contributed by atoms with Gasteiger partial charge in [0.05, 0.1) is 28.5 Å². The van der Waals surface area contributed by atoms with Crippen molar-refractivity contribution < 1.29 is 0 Å². The minimum Gasteiger partial charge on any atom is -0.353 e. The molecule has 0 radical (unpaired) electrons. The van der Waals surface area contributed by atoms with Gasteiger partial charge in [0.15, 0.2) is 0 Å². The van der Waals surface area contributed by atoms with Crippen LogP contribution in [0.15, 0.2) is 212 Å². The van der Waals surface area contributed by atoms with Crippen LogP contribution in [0.3, 0.4) is 0 Å². The van der Waals surface area contributed by atoms with E-state index in [0.717, 1.165) is 89.6 Å². The summed E-state index contributed by atoms with van der Waals surface area (Å²) in [5.41, 5.74) is 16.8. The molecule has 0 fully saturated rings. The summed E-state index contributed by atoms with van der Waals surface area (Å²) in [7, 11) is 0. The minimum absolute atomic E-state index is 0.464. The van der Waals surface area contributed by atoms with Gasteiger partial charge in [-0.2, -0.15) is 0 Å². The molecule has 0 unspecified atom stereocenters. The summed E-state index contributed by atoms with van der Waals surface area (Å²) in [6, 6.07) is 73.4. The second-order valence-corrected chi connectivity index (χ2v) is 13.6. The van der Waals surface area contributed by atoms with Gasteiger partial charge in [-0.15, -0.1) is 0 Å². The molecule has 0 spiro atoms. The summed E-state index contributed by atoms with van der Waals surface area (Å²) < 4.78 is 0. The maximum absolute atomic E-state index is 9.61. The maximum atomic E-state index is 9.61. The Bertz CT molecular complexity index is 2620. The SMILES string of the molecule is N=C(/C(=C1\NC(c2ccccc2)=C(c2ccc(-c3cc(-c4ccccc4)nc(-c4ccccc4)c3)cc2)c2ccccc21)c1ccccc1)c1ccccc1. The van der Waals surface area contributed by atoms with Crippen molar-refractivity contribution in [1.29, 1.82) is 5.41 Å². The lowest BCUT2D eigenvalue weighted by molar-refractivity contribution is 1.20. The molecule has 1 aromatic heterocycles. The molecule has 0 amide bonds. The normalized spacial score (nSPS) is 13.1. The first kappa shape index (κ1) is 33.5. The van der Waals surface area contributed by atoms with Crippen molar-refractivity contribution in [2.75, 3.05) is 0 Å². The summed E-state index contributed by atoms with van der Waals surface area (Å²) in [4.78, 5) is 5.10. The average Bonchev–Trinajstić information content (AvgIpc) is 3.28. The van der Waals surface area contributed by atoms with Crippen molar-refractivity contribution in [3.8, 4) is 33.6 Å². The van der Waals surface area contributed by atoms with Gasteiger partial charge in [-0.3, -0.25) is 5.41 Å². The predicted molar refractivity (Wildman–Crippen MR) is 229 cm³/mol. The fraction of sp³-hybridized carbons (Fsp3) is 0. The second kappa shape index (κ2) is 14.9. The van der Waals surface area contributed by atoms with E-state index < -0.39 is 0 Å². The van der Waals surface area contributed by atoms with Gasteiger partial charge in [0.2, 0.25) is 0 Å². The molecule has 1 aliphatic heterocycles. The molecule has 55 heavy (non-hydrogen) atoms. The van der Waals surface area contributed by atoms with Crippen LogP contribution in [0.1, 0.15) is 33.4 Å². The third-order valence-corrected chi connectivity index (χ3v) is 10.1. The van der Waals surface area contributed by atoms with Gasteiger partial charge in [0.25, 0.3) is 0 Å². The molecule has 7 aromatic carbocycles. The van der Waals surface area contributed by atoms with Gasteiger partial charge in [0.1, 0.15) is 0 Å². The zero-order valence-corrected chi connectivity index (χ0v) is 30.2. The maximum Gasteiger partial charge on any atom is 0.0715 e. The molecule has 0 aliphatic carbocycles. The largest absolute Gasteiger partial charge is 0.353 e. The predicted octanol–water partition coefficient (Wildman–Crippen LogP) is 12.5. The van der Waals surface area contributed by atoms with Gasteiger partial charge in [-0.05, 0) is 45.5 Å². The molecule has 3 nitrogen and oxygen atoms in total. The van der Waals surface area contributed by atoms with Crippen molar-refractivity contribution >= 4 is 28.3 Å². The number of benzene rings is 7. The highest BCUT2D eigenvalue weighted by Gasteiger charge is 2.28. The fourth-order valence-corrected chi connectivity index (χ4v) is 7.43.